The number of halogens is 1. The third-order valence-corrected chi connectivity index (χ3v) is 4.65. The highest BCUT2D eigenvalue weighted by atomic mass is 35.5. The number of pyridine rings is 1. The molecule has 0 bridgehead atoms. The van der Waals surface area contributed by atoms with Gasteiger partial charge >= 0.3 is 5.69 Å². The van der Waals surface area contributed by atoms with E-state index in [4.69, 9.17) is 16.0 Å². The smallest absolute Gasteiger partial charge is 0.350 e. The van der Waals surface area contributed by atoms with E-state index in [9.17, 15) is 4.79 Å². The predicted octanol–water partition coefficient (Wildman–Crippen LogP) is 3.54. The summed E-state index contributed by atoms with van der Waals surface area (Å²) in [7, 11) is 1.99. The molecule has 0 saturated heterocycles. The highest BCUT2D eigenvalue weighted by Crippen LogP contribution is 2.24. The molecule has 0 saturated carbocycles. The van der Waals surface area contributed by atoms with Gasteiger partial charge in [0, 0.05) is 23.3 Å². The number of hydrogen-bond donors (Lipinski definition) is 0. The van der Waals surface area contributed by atoms with Crippen LogP contribution in [0.4, 0.5) is 0 Å². The molecule has 0 aliphatic heterocycles. The molecule has 0 unspecified atom stereocenters. The maximum absolute atomic E-state index is 12.3. The lowest BCUT2D eigenvalue weighted by molar-refractivity contribution is 0.279. The summed E-state index contributed by atoms with van der Waals surface area (Å²) in [5, 5.41) is 5.05. The number of fused-ring (bicyclic) bond motifs is 1. The van der Waals surface area contributed by atoms with E-state index in [0.717, 1.165) is 17.1 Å². The van der Waals surface area contributed by atoms with Crippen molar-refractivity contribution < 1.29 is 4.42 Å². The van der Waals surface area contributed by atoms with E-state index in [2.05, 4.69) is 10.00 Å². The fourth-order valence-electron chi connectivity index (χ4n) is 2.96. The summed E-state index contributed by atoms with van der Waals surface area (Å²) < 4.78 is 8.97. The molecule has 0 atom stereocenters. The van der Waals surface area contributed by atoms with E-state index < -0.39 is 0 Å². The summed E-state index contributed by atoms with van der Waals surface area (Å²) in [5.41, 5.74) is 1.52. The molecule has 0 spiro atoms. The number of nitrogens with zero attached hydrogens (tertiary/aromatic N) is 4. The van der Waals surface area contributed by atoms with Gasteiger partial charge in [-0.1, -0.05) is 17.7 Å². The van der Waals surface area contributed by atoms with Gasteiger partial charge in [0.2, 0.25) is 0 Å². The van der Waals surface area contributed by atoms with Crippen LogP contribution in [0.5, 0.6) is 0 Å². The lowest BCUT2D eigenvalue weighted by Crippen LogP contribution is -2.28. The maximum atomic E-state index is 12.3. The Morgan fingerprint density at radius 3 is 2.70 bits per heavy atom. The van der Waals surface area contributed by atoms with Crippen LogP contribution in [0, 0.1) is 0 Å². The molecule has 4 aromatic rings. The number of rotatable bonds is 6. The minimum atomic E-state index is -0.123. The topological polar surface area (TPSA) is 55.7 Å². The average molecular weight is 383 g/mol. The molecule has 3 aromatic heterocycles. The fraction of sp³-hybridized carbons (Fsp3) is 0.200. The van der Waals surface area contributed by atoms with E-state index in [0.29, 0.717) is 30.3 Å². The van der Waals surface area contributed by atoms with Gasteiger partial charge in [-0.2, -0.15) is 0 Å². The number of benzene rings is 1. The molecule has 0 fully saturated rings. The molecule has 3 heterocycles. The van der Waals surface area contributed by atoms with Gasteiger partial charge in [0.25, 0.3) is 0 Å². The van der Waals surface area contributed by atoms with Gasteiger partial charge in [-0.25, -0.2) is 9.48 Å². The van der Waals surface area contributed by atoms with Crippen LogP contribution in [0.3, 0.4) is 0 Å². The first kappa shape index (κ1) is 17.6. The number of hydrogen-bond acceptors (Lipinski definition) is 4. The van der Waals surface area contributed by atoms with Gasteiger partial charge in [-0.15, -0.1) is 5.10 Å². The van der Waals surface area contributed by atoms with E-state index >= 15 is 0 Å². The molecule has 1 aromatic carbocycles. The van der Waals surface area contributed by atoms with Gasteiger partial charge in [0.05, 0.1) is 13.1 Å². The Hall–Kier alpha value is -2.83. The van der Waals surface area contributed by atoms with Crippen LogP contribution in [0.25, 0.3) is 17.0 Å². The molecule has 0 aliphatic rings. The zero-order valence-corrected chi connectivity index (χ0v) is 15.6. The standard InChI is InChI=1S/C20H19ClN4O2/c1-23(12-13-25-20(26)24-11-3-2-4-19(24)22-25)14-17-9-10-18(27-17)15-5-7-16(21)8-6-15/h2-11H,12-14H2,1H3. The highest BCUT2D eigenvalue weighted by Gasteiger charge is 2.10. The zero-order valence-electron chi connectivity index (χ0n) is 14.9. The number of aromatic nitrogens is 3. The Balaban J connectivity index is 1.39. The molecule has 0 amide bonds. The molecule has 7 heteroatoms. The molecular weight excluding hydrogens is 364 g/mol. The van der Waals surface area contributed by atoms with Crippen LogP contribution in [-0.4, -0.2) is 32.7 Å². The summed E-state index contributed by atoms with van der Waals surface area (Å²) in [6.45, 7) is 1.85. The van der Waals surface area contributed by atoms with E-state index in [1.54, 1.807) is 10.6 Å². The van der Waals surface area contributed by atoms with Crippen molar-refractivity contribution in [3.63, 3.8) is 0 Å². The zero-order chi connectivity index (χ0) is 18.8. The van der Waals surface area contributed by atoms with E-state index in [1.807, 2.05) is 61.6 Å². The van der Waals surface area contributed by atoms with E-state index in [1.165, 1.54) is 4.68 Å². The summed E-state index contributed by atoms with van der Waals surface area (Å²) in [4.78, 5) is 14.4. The quantitative estimate of drug-likeness (QED) is 0.512. The summed E-state index contributed by atoms with van der Waals surface area (Å²) in [6.07, 6.45) is 1.73. The van der Waals surface area contributed by atoms with E-state index in [-0.39, 0.29) is 5.69 Å². The molecule has 6 nitrogen and oxygen atoms in total. The second-order valence-electron chi connectivity index (χ2n) is 6.45. The van der Waals surface area contributed by atoms with Crippen molar-refractivity contribution >= 4 is 17.2 Å². The van der Waals surface area contributed by atoms with Crippen LogP contribution >= 0.6 is 11.6 Å². The molecule has 27 heavy (non-hydrogen) atoms. The molecular formula is C20H19ClN4O2. The Kier molecular flexibility index (Phi) is 4.83. The van der Waals surface area contributed by atoms with Crippen molar-refractivity contribution in [2.75, 3.05) is 13.6 Å². The van der Waals surface area contributed by atoms with Crippen LogP contribution in [0.2, 0.25) is 5.02 Å². The van der Waals surface area contributed by atoms with Crippen molar-refractivity contribution in [1.29, 1.82) is 0 Å². The van der Waals surface area contributed by atoms with Gasteiger partial charge in [-0.05, 0) is 55.6 Å². The first-order valence-electron chi connectivity index (χ1n) is 8.67. The van der Waals surface area contributed by atoms with Gasteiger partial charge in [0.15, 0.2) is 5.65 Å². The minimum Gasteiger partial charge on any atom is -0.460 e. The Morgan fingerprint density at radius 2 is 1.93 bits per heavy atom. The van der Waals surface area contributed by atoms with Crippen LogP contribution < -0.4 is 5.69 Å². The minimum absolute atomic E-state index is 0.123. The predicted molar refractivity (Wildman–Crippen MR) is 105 cm³/mol. The van der Waals surface area contributed by atoms with Gasteiger partial charge < -0.3 is 4.42 Å². The van der Waals surface area contributed by atoms with Crippen molar-refractivity contribution in [2.45, 2.75) is 13.1 Å². The second kappa shape index (κ2) is 7.42. The summed E-state index contributed by atoms with van der Waals surface area (Å²) in [5.74, 6) is 1.68. The Labute approximate surface area is 161 Å². The maximum Gasteiger partial charge on any atom is 0.350 e. The third kappa shape index (κ3) is 3.82. The monoisotopic (exact) mass is 382 g/mol. The van der Waals surface area contributed by atoms with Crippen molar-refractivity contribution in [2.24, 2.45) is 0 Å². The number of furan rings is 1. The van der Waals surface area contributed by atoms with Crippen molar-refractivity contribution in [1.82, 2.24) is 19.1 Å². The Morgan fingerprint density at radius 1 is 1.11 bits per heavy atom. The average Bonchev–Trinajstić information content (AvgIpc) is 3.26. The van der Waals surface area contributed by atoms with Gasteiger partial charge in [-0.3, -0.25) is 9.30 Å². The first-order chi connectivity index (χ1) is 13.1. The normalized spacial score (nSPS) is 11.5. The highest BCUT2D eigenvalue weighted by molar-refractivity contribution is 6.30. The fourth-order valence-corrected chi connectivity index (χ4v) is 3.08. The van der Waals surface area contributed by atoms with Gasteiger partial charge in [0.1, 0.15) is 11.5 Å². The Bertz CT molecular complexity index is 1110. The second-order valence-corrected chi connectivity index (χ2v) is 6.88. The molecule has 138 valence electrons. The van der Waals surface area contributed by atoms with Crippen LogP contribution in [0.1, 0.15) is 5.76 Å². The van der Waals surface area contributed by atoms with Crippen LogP contribution in [0.15, 0.2) is 70.0 Å². The largest absolute Gasteiger partial charge is 0.460 e. The van der Waals surface area contributed by atoms with Crippen molar-refractivity contribution in [3.05, 3.63) is 82.1 Å². The molecule has 0 aliphatic carbocycles. The molecule has 4 rings (SSSR count). The summed E-state index contributed by atoms with van der Waals surface area (Å²) in [6, 6.07) is 17.0. The SMILES string of the molecule is CN(CCn1nc2ccccn2c1=O)Cc1ccc(-c2ccc(Cl)cc2)o1. The lowest BCUT2D eigenvalue weighted by atomic mass is 10.2. The first-order valence-corrected chi connectivity index (χ1v) is 9.05. The third-order valence-electron chi connectivity index (χ3n) is 4.40. The molecule has 0 radical (unpaired) electrons. The van der Waals surface area contributed by atoms with Crippen molar-refractivity contribution in [3.8, 4) is 11.3 Å². The summed E-state index contributed by atoms with van der Waals surface area (Å²) >= 11 is 5.93. The molecule has 0 N–H and O–H groups in total. The van der Waals surface area contributed by atoms with Crippen LogP contribution in [-0.2, 0) is 13.1 Å². The lowest BCUT2D eigenvalue weighted by Gasteiger charge is -2.14. The number of likely N-dealkylation sites (N-methyl/N-ethyl adjacent to an activating group) is 1.